The van der Waals surface area contributed by atoms with Crippen molar-refractivity contribution in [2.45, 2.75) is 12.8 Å². The molecule has 1 aromatic heterocycles. The van der Waals surface area contributed by atoms with Crippen LogP contribution in [0.3, 0.4) is 0 Å². The maximum atomic E-state index is 12.7. The maximum Gasteiger partial charge on any atom is 0.267 e. The van der Waals surface area contributed by atoms with Gasteiger partial charge in [0.15, 0.2) is 0 Å². The Bertz CT molecular complexity index is 401. The van der Waals surface area contributed by atoms with Gasteiger partial charge >= 0.3 is 0 Å². The number of methoxy groups -OCH3 is 1. The molecule has 0 bridgehead atoms. The molecule has 0 aromatic carbocycles. The average molecular weight is 213 g/mol. The van der Waals surface area contributed by atoms with E-state index in [0.717, 1.165) is 6.20 Å². The molecule has 0 fully saturated rings. The average Bonchev–Trinajstić information content (AvgIpc) is 2.20. The number of halogens is 2. The Balaban J connectivity index is 3.38. The van der Waals surface area contributed by atoms with Crippen LogP contribution in [-0.4, -0.2) is 12.1 Å². The Kier molecular flexibility index (Phi) is 3.39. The highest BCUT2D eigenvalue weighted by atomic mass is 19.3. The van der Waals surface area contributed by atoms with Crippen LogP contribution in [0.15, 0.2) is 6.20 Å². The standard InChI is InChI=1S/C9H9F2N3O/c1-15-6-4-14-9(13)5(2-3-12)7(6)8(10)11/h4,8H,2H2,1H3,(H2,13,14). The number of nitriles is 1. The van der Waals surface area contributed by atoms with E-state index in [4.69, 9.17) is 15.7 Å². The molecule has 0 radical (unpaired) electrons. The molecule has 0 saturated heterocycles. The van der Waals surface area contributed by atoms with Crippen LogP contribution in [-0.2, 0) is 6.42 Å². The van der Waals surface area contributed by atoms with E-state index in [1.165, 1.54) is 7.11 Å². The van der Waals surface area contributed by atoms with Gasteiger partial charge in [-0.15, -0.1) is 0 Å². The zero-order valence-electron chi connectivity index (χ0n) is 8.00. The fourth-order valence-corrected chi connectivity index (χ4v) is 1.23. The lowest BCUT2D eigenvalue weighted by molar-refractivity contribution is 0.146. The van der Waals surface area contributed by atoms with Crippen LogP contribution < -0.4 is 10.5 Å². The molecule has 1 rings (SSSR count). The Morgan fingerprint density at radius 3 is 2.80 bits per heavy atom. The summed E-state index contributed by atoms with van der Waals surface area (Å²) in [5, 5.41) is 8.49. The summed E-state index contributed by atoms with van der Waals surface area (Å²) in [6, 6.07) is 1.76. The number of hydrogen-bond donors (Lipinski definition) is 1. The van der Waals surface area contributed by atoms with Gasteiger partial charge in [0.25, 0.3) is 6.43 Å². The molecule has 0 spiro atoms. The smallest absolute Gasteiger partial charge is 0.267 e. The molecule has 80 valence electrons. The first kappa shape index (κ1) is 11.2. The molecule has 1 aromatic rings. The zero-order chi connectivity index (χ0) is 11.4. The maximum absolute atomic E-state index is 12.7. The van der Waals surface area contributed by atoms with Crippen molar-refractivity contribution in [3.8, 4) is 11.8 Å². The molecule has 1 heterocycles. The van der Waals surface area contributed by atoms with Crippen molar-refractivity contribution in [1.82, 2.24) is 4.98 Å². The van der Waals surface area contributed by atoms with Crippen LogP contribution in [0.5, 0.6) is 5.75 Å². The van der Waals surface area contributed by atoms with Crippen LogP contribution in [0.25, 0.3) is 0 Å². The van der Waals surface area contributed by atoms with E-state index in [1.807, 2.05) is 0 Å². The second kappa shape index (κ2) is 4.55. The molecule has 0 aliphatic heterocycles. The van der Waals surface area contributed by atoms with Crippen molar-refractivity contribution >= 4 is 5.82 Å². The number of alkyl halides is 2. The van der Waals surface area contributed by atoms with Gasteiger partial charge in [-0.2, -0.15) is 5.26 Å². The van der Waals surface area contributed by atoms with E-state index in [0.29, 0.717) is 0 Å². The number of aromatic nitrogens is 1. The van der Waals surface area contributed by atoms with Gasteiger partial charge < -0.3 is 10.5 Å². The van der Waals surface area contributed by atoms with Gasteiger partial charge in [-0.3, -0.25) is 0 Å². The molecule has 0 saturated carbocycles. The Labute approximate surface area is 85.3 Å². The number of rotatable bonds is 3. The number of nitrogen functional groups attached to an aromatic ring is 1. The van der Waals surface area contributed by atoms with Crippen LogP contribution in [0, 0.1) is 11.3 Å². The second-order valence-corrected chi connectivity index (χ2v) is 2.74. The third kappa shape index (κ3) is 2.13. The summed E-state index contributed by atoms with van der Waals surface area (Å²) in [4.78, 5) is 3.68. The lowest BCUT2D eigenvalue weighted by Gasteiger charge is -2.12. The quantitative estimate of drug-likeness (QED) is 0.828. The molecule has 2 N–H and O–H groups in total. The fourth-order valence-electron chi connectivity index (χ4n) is 1.23. The van der Waals surface area contributed by atoms with Crippen molar-refractivity contribution in [2.75, 3.05) is 12.8 Å². The van der Waals surface area contributed by atoms with Gasteiger partial charge in [-0.05, 0) is 0 Å². The van der Waals surface area contributed by atoms with E-state index >= 15 is 0 Å². The summed E-state index contributed by atoms with van der Waals surface area (Å²) in [6.45, 7) is 0. The summed E-state index contributed by atoms with van der Waals surface area (Å²) in [5.41, 5.74) is 5.10. The summed E-state index contributed by atoms with van der Waals surface area (Å²) >= 11 is 0. The molecule has 4 nitrogen and oxygen atoms in total. The molecule has 0 aliphatic rings. The van der Waals surface area contributed by atoms with Gasteiger partial charge in [0.1, 0.15) is 11.6 Å². The number of pyridine rings is 1. The third-order valence-electron chi connectivity index (χ3n) is 1.91. The zero-order valence-corrected chi connectivity index (χ0v) is 8.00. The minimum atomic E-state index is -2.74. The molecular weight excluding hydrogens is 204 g/mol. The summed E-state index contributed by atoms with van der Waals surface area (Å²) in [5.74, 6) is -0.114. The highest BCUT2D eigenvalue weighted by molar-refractivity contribution is 5.52. The predicted octanol–water partition coefficient (Wildman–Crippen LogP) is 1.68. The van der Waals surface area contributed by atoms with Gasteiger partial charge in [0.2, 0.25) is 0 Å². The molecule has 0 unspecified atom stereocenters. The van der Waals surface area contributed by atoms with Gasteiger partial charge in [-0.25, -0.2) is 13.8 Å². The summed E-state index contributed by atoms with van der Waals surface area (Å²) in [6.07, 6.45) is -1.83. The first-order valence-electron chi connectivity index (χ1n) is 4.08. The highest BCUT2D eigenvalue weighted by Crippen LogP contribution is 2.34. The van der Waals surface area contributed by atoms with Crippen molar-refractivity contribution < 1.29 is 13.5 Å². The van der Waals surface area contributed by atoms with Gasteiger partial charge in [-0.1, -0.05) is 0 Å². The predicted molar refractivity (Wildman–Crippen MR) is 49.5 cm³/mol. The van der Waals surface area contributed by atoms with Crippen molar-refractivity contribution in [3.05, 3.63) is 17.3 Å². The minimum Gasteiger partial charge on any atom is -0.495 e. The molecular formula is C9H9F2N3O. The van der Waals surface area contributed by atoms with E-state index in [9.17, 15) is 8.78 Å². The van der Waals surface area contributed by atoms with Crippen molar-refractivity contribution in [1.29, 1.82) is 5.26 Å². The first-order chi connectivity index (χ1) is 7.11. The van der Waals surface area contributed by atoms with Crippen LogP contribution in [0.4, 0.5) is 14.6 Å². The molecule has 0 amide bonds. The molecule has 0 atom stereocenters. The third-order valence-corrected chi connectivity index (χ3v) is 1.91. The van der Waals surface area contributed by atoms with Crippen molar-refractivity contribution in [2.24, 2.45) is 0 Å². The van der Waals surface area contributed by atoms with Crippen LogP contribution in [0.1, 0.15) is 17.6 Å². The Hall–Kier alpha value is -1.90. The lowest BCUT2D eigenvalue weighted by atomic mass is 10.1. The fraction of sp³-hybridized carbons (Fsp3) is 0.333. The van der Waals surface area contributed by atoms with Crippen molar-refractivity contribution in [3.63, 3.8) is 0 Å². The number of anilines is 1. The Morgan fingerprint density at radius 2 is 2.33 bits per heavy atom. The van der Waals surface area contributed by atoms with Gasteiger partial charge in [0, 0.05) is 5.56 Å². The lowest BCUT2D eigenvalue weighted by Crippen LogP contribution is -2.05. The number of hydrogen-bond acceptors (Lipinski definition) is 4. The van der Waals surface area contributed by atoms with Gasteiger partial charge in [0.05, 0.1) is 31.4 Å². The SMILES string of the molecule is COc1cnc(N)c(CC#N)c1C(F)F. The summed E-state index contributed by atoms with van der Waals surface area (Å²) < 4.78 is 30.2. The highest BCUT2D eigenvalue weighted by Gasteiger charge is 2.21. The largest absolute Gasteiger partial charge is 0.495 e. The van der Waals surface area contributed by atoms with Crippen LogP contribution >= 0.6 is 0 Å². The second-order valence-electron chi connectivity index (χ2n) is 2.74. The summed E-state index contributed by atoms with van der Waals surface area (Å²) in [7, 11) is 1.26. The van der Waals surface area contributed by atoms with E-state index in [1.54, 1.807) is 6.07 Å². The Morgan fingerprint density at radius 1 is 1.67 bits per heavy atom. The van der Waals surface area contributed by atoms with Crippen LogP contribution in [0.2, 0.25) is 0 Å². The minimum absolute atomic E-state index is 0.0341. The number of nitrogens with two attached hydrogens (primary N) is 1. The molecule has 0 aliphatic carbocycles. The monoisotopic (exact) mass is 213 g/mol. The normalized spacial score (nSPS) is 10.1. The van der Waals surface area contributed by atoms with E-state index in [-0.39, 0.29) is 29.1 Å². The number of nitrogens with zero attached hydrogens (tertiary/aromatic N) is 2. The molecule has 15 heavy (non-hydrogen) atoms. The molecule has 6 heteroatoms. The van der Waals surface area contributed by atoms with E-state index < -0.39 is 6.43 Å². The topological polar surface area (TPSA) is 71.9 Å². The number of ether oxygens (including phenoxy) is 1. The first-order valence-corrected chi connectivity index (χ1v) is 4.08. The van der Waals surface area contributed by atoms with E-state index in [2.05, 4.69) is 4.98 Å².